The molecule has 1 aromatic heterocycles. The van der Waals surface area contributed by atoms with Crippen LogP contribution in [0.3, 0.4) is 0 Å². The van der Waals surface area contributed by atoms with Crippen molar-refractivity contribution in [3.05, 3.63) is 27.0 Å². The van der Waals surface area contributed by atoms with Crippen LogP contribution in [0.4, 0.5) is 0 Å². The van der Waals surface area contributed by atoms with Crippen molar-refractivity contribution in [2.45, 2.75) is 12.5 Å². The molecule has 0 radical (unpaired) electrons. The lowest BCUT2D eigenvalue weighted by molar-refractivity contribution is -0.145. The predicted molar refractivity (Wildman–Crippen MR) is 70.4 cm³/mol. The van der Waals surface area contributed by atoms with E-state index in [1.807, 2.05) is 5.32 Å². The zero-order valence-corrected chi connectivity index (χ0v) is 11.8. The highest BCUT2D eigenvalue weighted by Gasteiger charge is 2.26. The summed E-state index contributed by atoms with van der Waals surface area (Å²) >= 11 is 17.1. The fourth-order valence-corrected chi connectivity index (χ4v) is 1.77. The van der Waals surface area contributed by atoms with E-state index >= 15 is 0 Å². The van der Waals surface area contributed by atoms with E-state index in [-0.39, 0.29) is 20.8 Å². The minimum Gasteiger partial charge on any atom is -0.481 e. The average Bonchev–Trinajstić information content (AvgIpc) is 2.34. The number of nitrogens with one attached hydrogen (secondary N) is 1. The van der Waals surface area contributed by atoms with Crippen LogP contribution in [0.25, 0.3) is 0 Å². The SMILES string of the molecule is O=C(O)C[C@@H](NC(=O)c1ncc(Cl)c(Cl)c1Cl)C(=O)O. The van der Waals surface area contributed by atoms with Crippen molar-refractivity contribution in [3.63, 3.8) is 0 Å². The Morgan fingerprint density at radius 1 is 1.20 bits per heavy atom. The molecular formula is C10H7Cl3N2O5. The maximum atomic E-state index is 11.8. The number of carboxylic acids is 2. The molecule has 0 aliphatic heterocycles. The molecule has 0 saturated heterocycles. The van der Waals surface area contributed by atoms with Gasteiger partial charge >= 0.3 is 11.9 Å². The number of rotatable bonds is 5. The first-order valence-electron chi connectivity index (χ1n) is 4.99. The number of hydrogen-bond acceptors (Lipinski definition) is 4. The number of hydrogen-bond donors (Lipinski definition) is 3. The molecule has 7 nitrogen and oxygen atoms in total. The highest BCUT2D eigenvalue weighted by molar-refractivity contribution is 6.48. The molecule has 0 aromatic carbocycles. The molecule has 1 atom stereocenters. The molecule has 0 unspecified atom stereocenters. The van der Waals surface area contributed by atoms with Crippen LogP contribution in [0.1, 0.15) is 16.9 Å². The smallest absolute Gasteiger partial charge is 0.326 e. The number of carbonyl (C=O) groups excluding carboxylic acids is 1. The zero-order valence-electron chi connectivity index (χ0n) is 9.56. The second-order valence-electron chi connectivity index (χ2n) is 3.54. The topological polar surface area (TPSA) is 117 Å². The van der Waals surface area contributed by atoms with E-state index in [4.69, 9.17) is 45.0 Å². The lowest BCUT2D eigenvalue weighted by Crippen LogP contribution is -2.42. The average molecular weight is 342 g/mol. The molecule has 0 bridgehead atoms. The van der Waals surface area contributed by atoms with E-state index in [1.54, 1.807) is 0 Å². The monoisotopic (exact) mass is 340 g/mol. The lowest BCUT2D eigenvalue weighted by Gasteiger charge is -2.13. The van der Waals surface area contributed by atoms with E-state index in [9.17, 15) is 14.4 Å². The number of halogens is 3. The summed E-state index contributed by atoms with van der Waals surface area (Å²) in [6.45, 7) is 0. The summed E-state index contributed by atoms with van der Waals surface area (Å²) in [5.41, 5.74) is -0.349. The number of nitrogens with zero attached hydrogens (tertiary/aromatic N) is 1. The maximum absolute atomic E-state index is 11.8. The molecule has 0 saturated carbocycles. The van der Waals surface area contributed by atoms with Crippen LogP contribution in [0.15, 0.2) is 6.20 Å². The molecule has 1 amide bonds. The van der Waals surface area contributed by atoms with Crippen LogP contribution < -0.4 is 5.32 Å². The largest absolute Gasteiger partial charge is 0.481 e. The summed E-state index contributed by atoms with van der Waals surface area (Å²) in [4.78, 5) is 36.8. The molecular weight excluding hydrogens is 334 g/mol. The van der Waals surface area contributed by atoms with Gasteiger partial charge in [-0.15, -0.1) is 0 Å². The molecule has 20 heavy (non-hydrogen) atoms. The molecule has 0 fully saturated rings. The number of aromatic nitrogens is 1. The van der Waals surface area contributed by atoms with Gasteiger partial charge in [-0.25, -0.2) is 9.78 Å². The highest BCUT2D eigenvalue weighted by atomic mass is 35.5. The first-order valence-corrected chi connectivity index (χ1v) is 6.12. The predicted octanol–water partition coefficient (Wildman–Crippen LogP) is 1.70. The Morgan fingerprint density at radius 3 is 2.30 bits per heavy atom. The Bertz CT molecular complexity index is 578. The van der Waals surface area contributed by atoms with Crippen molar-refractivity contribution >= 4 is 52.6 Å². The fraction of sp³-hybridized carbons (Fsp3) is 0.200. The van der Waals surface area contributed by atoms with Crippen LogP contribution in [0, 0.1) is 0 Å². The standard InChI is InChI=1S/C10H7Cl3N2O5/c11-3-2-14-8(7(13)6(3)12)9(18)15-4(10(19)20)1-5(16)17/h2,4H,1H2,(H,15,18)(H,16,17)(H,19,20)/t4-/m1/s1. The molecule has 0 aliphatic carbocycles. The number of aliphatic carboxylic acids is 2. The van der Waals surface area contributed by atoms with Gasteiger partial charge in [0.05, 0.1) is 21.5 Å². The van der Waals surface area contributed by atoms with Crippen LogP contribution >= 0.6 is 34.8 Å². The first-order chi connectivity index (χ1) is 9.23. The van der Waals surface area contributed by atoms with Gasteiger partial charge in [0.1, 0.15) is 11.7 Å². The number of carbonyl (C=O) groups is 3. The summed E-state index contributed by atoms with van der Waals surface area (Å²) < 4.78 is 0. The Labute approximate surface area is 127 Å². The third-order valence-electron chi connectivity index (χ3n) is 2.11. The molecule has 1 aromatic rings. The van der Waals surface area contributed by atoms with Crippen LogP contribution in [-0.2, 0) is 9.59 Å². The van der Waals surface area contributed by atoms with Crippen molar-refractivity contribution in [3.8, 4) is 0 Å². The molecule has 0 spiro atoms. The van der Waals surface area contributed by atoms with Gasteiger partial charge in [0, 0.05) is 6.20 Å². The van der Waals surface area contributed by atoms with Crippen molar-refractivity contribution in [2.75, 3.05) is 0 Å². The van der Waals surface area contributed by atoms with E-state index in [0.29, 0.717) is 0 Å². The Kier molecular flexibility index (Phi) is 5.55. The van der Waals surface area contributed by atoms with E-state index < -0.39 is 30.3 Å². The van der Waals surface area contributed by atoms with Gasteiger partial charge in [-0.1, -0.05) is 34.8 Å². The minimum absolute atomic E-state index is 0.0218. The highest BCUT2D eigenvalue weighted by Crippen LogP contribution is 2.30. The van der Waals surface area contributed by atoms with Gasteiger partial charge in [0.15, 0.2) is 0 Å². The molecule has 1 heterocycles. The van der Waals surface area contributed by atoms with E-state index in [2.05, 4.69) is 4.98 Å². The van der Waals surface area contributed by atoms with Crippen molar-refractivity contribution < 1.29 is 24.6 Å². The third kappa shape index (κ3) is 3.96. The molecule has 3 N–H and O–H groups in total. The van der Waals surface area contributed by atoms with Gasteiger partial charge < -0.3 is 15.5 Å². The number of pyridine rings is 1. The van der Waals surface area contributed by atoms with Gasteiger partial charge in [0.25, 0.3) is 5.91 Å². The van der Waals surface area contributed by atoms with Crippen molar-refractivity contribution in [1.82, 2.24) is 10.3 Å². The summed E-state index contributed by atoms with van der Waals surface area (Å²) in [5, 5.41) is 19.0. The Balaban J connectivity index is 2.98. The summed E-state index contributed by atoms with van der Waals surface area (Å²) in [7, 11) is 0. The second kappa shape index (κ2) is 6.74. The number of amides is 1. The molecule has 0 aliphatic rings. The fourth-order valence-electron chi connectivity index (χ4n) is 1.20. The van der Waals surface area contributed by atoms with Crippen LogP contribution in [-0.4, -0.2) is 39.1 Å². The zero-order chi connectivity index (χ0) is 15.4. The molecule has 1 rings (SSSR count). The summed E-state index contributed by atoms with van der Waals surface area (Å²) in [5.74, 6) is -3.86. The van der Waals surface area contributed by atoms with Gasteiger partial charge in [0.2, 0.25) is 0 Å². The first kappa shape index (κ1) is 16.5. The molecule has 108 valence electrons. The normalized spacial score (nSPS) is 11.8. The third-order valence-corrected chi connectivity index (χ3v) is 3.36. The minimum atomic E-state index is -1.62. The van der Waals surface area contributed by atoms with Crippen LogP contribution in [0.2, 0.25) is 15.1 Å². The van der Waals surface area contributed by atoms with Crippen molar-refractivity contribution in [2.24, 2.45) is 0 Å². The lowest BCUT2D eigenvalue weighted by atomic mass is 10.2. The Morgan fingerprint density at radius 2 is 1.80 bits per heavy atom. The van der Waals surface area contributed by atoms with Crippen molar-refractivity contribution in [1.29, 1.82) is 0 Å². The number of carboxylic acid groups (broad SMARTS) is 2. The van der Waals surface area contributed by atoms with E-state index in [1.165, 1.54) is 0 Å². The molecule has 10 heteroatoms. The second-order valence-corrected chi connectivity index (χ2v) is 4.71. The quantitative estimate of drug-likeness (QED) is 0.750. The maximum Gasteiger partial charge on any atom is 0.326 e. The van der Waals surface area contributed by atoms with E-state index in [0.717, 1.165) is 6.20 Å². The van der Waals surface area contributed by atoms with Crippen LogP contribution in [0.5, 0.6) is 0 Å². The summed E-state index contributed by atoms with van der Waals surface area (Å²) in [6.07, 6.45) is 0.275. The van der Waals surface area contributed by atoms with Gasteiger partial charge in [-0.3, -0.25) is 9.59 Å². The van der Waals surface area contributed by atoms with Gasteiger partial charge in [-0.2, -0.15) is 0 Å². The van der Waals surface area contributed by atoms with Gasteiger partial charge in [-0.05, 0) is 0 Å². The Hall–Kier alpha value is -1.57. The summed E-state index contributed by atoms with van der Waals surface area (Å²) in [6, 6.07) is -1.62.